The van der Waals surface area contributed by atoms with Gasteiger partial charge in [-0.25, -0.2) is 14.5 Å². The van der Waals surface area contributed by atoms with Gasteiger partial charge in [-0.05, 0) is 37.3 Å². The van der Waals surface area contributed by atoms with Crippen LogP contribution >= 0.6 is 0 Å². The highest BCUT2D eigenvalue weighted by atomic mass is 16.1. The first-order valence-electron chi connectivity index (χ1n) is 12.4. The van der Waals surface area contributed by atoms with E-state index in [1.807, 2.05) is 81.0 Å². The van der Waals surface area contributed by atoms with E-state index in [1.165, 1.54) is 0 Å². The van der Waals surface area contributed by atoms with Crippen molar-refractivity contribution in [1.82, 2.24) is 39.2 Å². The molecule has 0 radical (unpaired) electrons. The Bertz CT molecular complexity index is 1970. The normalized spacial score (nSPS) is 11.7. The molecule has 9 nitrogen and oxygen atoms in total. The van der Waals surface area contributed by atoms with E-state index < -0.39 is 0 Å². The molecule has 2 aromatic carbocycles. The van der Waals surface area contributed by atoms with Crippen molar-refractivity contribution in [2.75, 3.05) is 0 Å². The average molecular weight is 513 g/mol. The number of aryl methyl sites for hydroxylation is 1. The standard InChI is InChI=1S/C30H24N8O/c1-20(25-18-33-37-16-8-15-31-29(25)37)34-21(2)28-35-26-12-7-9-23(14-13-22-17-32-36(3)19-22)27(26)30(39)38(28)24-10-5-4-6-11-24/h4-12,15-19,21,34H,1H2,2-3H3/t21-/m0/s1. The van der Waals surface area contributed by atoms with Crippen LogP contribution in [0.1, 0.15) is 35.5 Å². The molecule has 6 aromatic rings. The van der Waals surface area contributed by atoms with Gasteiger partial charge in [0.25, 0.3) is 5.56 Å². The molecule has 39 heavy (non-hydrogen) atoms. The van der Waals surface area contributed by atoms with Crippen LogP contribution in [0.3, 0.4) is 0 Å². The van der Waals surface area contributed by atoms with Crippen LogP contribution in [-0.2, 0) is 7.05 Å². The lowest BCUT2D eigenvalue weighted by atomic mass is 10.1. The summed E-state index contributed by atoms with van der Waals surface area (Å²) in [7, 11) is 1.84. The largest absolute Gasteiger partial charge is 0.375 e. The van der Waals surface area contributed by atoms with E-state index in [1.54, 1.807) is 32.4 Å². The highest BCUT2D eigenvalue weighted by molar-refractivity contribution is 5.85. The van der Waals surface area contributed by atoms with E-state index in [-0.39, 0.29) is 11.6 Å². The maximum absolute atomic E-state index is 14.1. The van der Waals surface area contributed by atoms with E-state index in [0.717, 1.165) is 11.1 Å². The molecule has 0 aliphatic carbocycles. The Morgan fingerprint density at radius 2 is 1.87 bits per heavy atom. The van der Waals surface area contributed by atoms with Crippen molar-refractivity contribution in [1.29, 1.82) is 0 Å². The zero-order chi connectivity index (χ0) is 26.9. The van der Waals surface area contributed by atoms with Gasteiger partial charge >= 0.3 is 0 Å². The Morgan fingerprint density at radius 1 is 1.03 bits per heavy atom. The maximum Gasteiger partial charge on any atom is 0.267 e. The highest BCUT2D eigenvalue weighted by Gasteiger charge is 2.21. The van der Waals surface area contributed by atoms with Crippen molar-refractivity contribution in [2.24, 2.45) is 7.05 Å². The molecular formula is C30H24N8O. The lowest BCUT2D eigenvalue weighted by Gasteiger charge is -2.21. The Morgan fingerprint density at radius 3 is 2.67 bits per heavy atom. The summed E-state index contributed by atoms with van der Waals surface area (Å²) in [5.74, 6) is 6.80. The van der Waals surface area contributed by atoms with Gasteiger partial charge in [-0.2, -0.15) is 10.2 Å². The summed E-state index contributed by atoms with van der Waals surface area (Å²) >= 11 is 0. The number of para-hydroxylation sites is 1. The van der Waals surface area contributed by atoms with Crippen LogP contribution in [0.25, 0.3) is 27.9 Å². The van der Waals surface area contributed by atoms with Gasteiger partial charge in [0.2, 0.25) is 0 Å². The van der Waals surface area contributed by atoms with Gasteiger partial charge in [0.05, 0.1) is 46.2 Å². The lowest BCUT2D eigenvalue weighted by Crippen LogP contribution is -2.30. The number of nitrogens with one attached hydrogen (secondary N) is 1. The van der Waals surface area contributed by atoms with Crippen molar-refractivity contribution < 1.29 is 0 Å². The number of hydrogen-bond donors (Lipinski definition) is 1. The number of nitrogens with zero attached hydrogens (tertiary/aromatic N) is 7. The third-order valence-corrected chi connectivity index (χ3v) is 6.37. The molecule has 4 heterocycles. The summed E-state index contributed by atoms with van der Waals surface area (Å²) in [5, 5.41) is 12.4. The topological polar surface area (TPSA) is 94.9 Å². The zero-order valence-corrected chi connectivity index (χ0v) is 21.4. The summed E-state index contributed by atoms with van der Waals surface area (Å²) in [5.41, 5.74) is 4.52. The van der Waals surface area contributed by atoms with Crippen molar-refractivity contribution in [2.45, 2.75) is 13.0 Å². The van der Waals surface area contributed by atoms with Crippen molar-refractivity contribution in [3.63, 3.8) is 0 Å². The molecule has 0 fully saturated rings. The van der Waals surface area contributed by atoms with Gasteiger partial charge in [0.15, 0.2) is 5.65 Å². The molecule has 4 aromatic heterocycles. The maximum atomic E-state index is 14.1. The molecule has 9 heteroatoms. The zero-order valence-electron chi connectivity index (χ0n) is 21.4. The first kappa shape index (κ1) is 23.9. The molecule has 1 N–H and O–H groups in total. The molecule has 190 valence electrons. The first-order valence-corrected chi connectivity index (χ1v) is 12.4. The minimum atomic E-state index is -0.376. The monoisotopic (exact) mass is 512 g/mol. The molecule has 1 atom stereocenters. The first-order chi connectivity index (χ1) is 19.0. The molecule has 0 aliphatic rings. The van der Waals surface area contributed by atoms with Gasteiger partial charge in [-0.15, -0.1) is 0 Å². The van der Waals surface area contributed by atoms with Gasteiger partial charge < -0.3 is 5.32 Å². The van der Waals surface area contributed by atoms with Crippen LogP contribution in [0.4, 0.5) is 0 Å². The minimum Gasteiger partial charge on any atom is -0.375 e. The van der Waals surface area contributed by atoms with Crippen LogP contribution in [0.2, 0.25) is 0 Å². The quantitative estimate of drug-likeness (QED) is 0.352. The minimum absolute atomic E-state index is 0.200. The summed E-state index contributed by atoms with van der Waals surface area (Å²) in [4.78, 5) is 23.5. The molecule has 0 spiro atoms. The lowest BCUT2D eigenvalue weighted by molar-refractivity contribution is 0.624. The predicted molar refractivity (Wildman–Crippen MR) is 150 cm³/mol. The summed E-state index contributed by atoms with van der Waals surface area (Å²) < 4.78 is 5.01. The molecule has 6 rings (SSSR count). The Kier molecular flexibility index (Phi) is 5.98. The number of fused-ring (bicyclic) bond motifs is 2. The smallest absolute Gasteiger partial charge is 0.267 e. The fourth-order valence-corrected chi connectivity index (χ4v) is 4.54. The fraction of sp³-hybridized carbons (Fsp3) is 0.100. The second kappa shape index (κ2) is 9.76. The van der Waals surface area contributed by atoms with E-state index in [9.17, 15) is 4.79 Å². The number of hydrogen-bond acceptors (Lipinski definition) is 6. The third kappa shape index (κ3) is 4.45. The van der Waals surface area contributed by atoms with Crippen LogP contribution < -0.4 is 10.9 Å². The van der Waals surface area contributed by atoms with Gasteiger partial charge in [0, 0.05) is 36.9 Å². The summed E-state index contributed by atoms with van der Waals surface area (Å²) in [6.45, 7) is 6.17. The molecular weight excluding hydrogens is 488 g/mol. The second-order valence-electron chi connectivity index (χ2n) is 9.09. The Hall–Kier alpha value is -5.49. The Balaban J connectivity index is 1.47. The summed E-state index contributed by atoms with van der Waals surface area (Å²) in [6.07, 6.45) is 8.78. The molecule has 0 amide bonds. The molecule has 0 saturated carbocycles. The highest BCUT2D eigenvalue weighted by Crippen LogP contribution is 2.23. The summed E-state index contributed by atoms with van der Waals surface area (Å²) in [6, 6.07) is 16.5. The van der Waals surface area contributed by atoms with Gasteiger partial charge in [0.1, 0.15) is 5.82 Å². The SMILES string of the molecule is C=C(N[C@@H](C)c1nc2cccc(C#Cc3cnn(C)c3)c2c(=O)n1-c1ccccc1)c1cnn2cccnc12. The van der Waals surface area contributed by atoms with Crippen LogP contribution in [-0.4, -0.2) is 33.9 Å². The molecule has 0 aliphatic heterocycles. The third-order valence-electron chi connectivity index (χ3n) is 6.37. The fourth-order valence-electron chi connectivity index (χ4n) is 4.54. The van der Waals surface area contributed by atoms with E-state index >= 15 is 0 Å². The predicted octanol–water partition coefficient (Wildman–Crippen LogP) is 3.88. The number of benzene rings is 2. The molecule has 0 saturated heterocycles. The van der Waals surface area contributed by atoms with Crippen molar-refractivity contribution >= 4 is 22.2 Å². The van der Waals surface area contributed by atoms with E-state index in [4.69, 9.17) is 4.98 Å². The Labute approximate surface area is 224 Å². The number of aromatic nitrogens is 7. The molecule has 0 bridgehead atoms. The van der Waals surface area contributed by atoms with Crippen LogP contribution in [0.15, 0.2) is 97.0 Å². The average Bonchev–Trinajstić information content (AvgIpc) is 3.58. The second-order valence-corrected chi connectivity index (χ2v) is 9.09. The van der Waals surface area contributed by atoms with Gasteiger partial charge in [-0.3, -0.25) is 14.0 Å². The number of rotatable bonds is 5. The van der Waals surface area contributed by atoms with E-state index in [0.29, 0.717) is 39.3 Å². The molecule has 0 unspecified atom stereocenters. The van der Waals surface area contributed by atoms with Crippen LogP contribution in [0, 0.1) is 11.8 Å². The van der Waals surface area contributed by atoms with Gasteiger partial charge in [-0.1, -0.05) is 42.7 Å². The van der Waals surface area contributed by atoms with E-state index in [2.05, 4.69) is 38.9 Å². The van der Waals surface area contributed by atoms with Crippen molar-refractivity contribution in [3.05, 3.63) is 125 Å². The van der Waals surface area contributed by atoms with Crippen LogP contribution in [0.5, 0.6) is 0 Å². The van der Waals surface area contributed by atoms with Crippen molar-refractivity contribution in [3.8, 4) is 17.5 Å².